The average Bonchev–Trinajstić information content (AvgIpc) is 4.01. The van der Waals surface area contributed by atoms with Crippen molar-refractivity contribution in [3.8, 4) is 56.4 Å². The summed E-state index contributed by atoms with van der Waals surface area (Å²) in [7, 11) is 0. The van der Waals surface area contributed by atoms with Gasteiger partial charge in [0.15, 0.2) is 0 Å². The number of fused-ring (bicyclic) bond motifs is 9. The molecule has 5 nitrogen and oxygen atoms in total. The van der Waals surface area contributed by atoms with Crippen LogP contribution in [0.25, 0.3) is 120 Å². The van der Waals surface area contributed by atoms with Crippen LogP contribution in [0.3, 0.4) is 0 Å². The number of thiophene rings is 1. The number of nitrogens with zero attached hydrogens (tertiary/aromatic N) is 5. The van der Waals surface area contributed by atoms with Gasteiger partial charge in [0.25, 0.3) is 0 Å². The largest absolute Gasteiger partial charge is 0.294 e. The van der Waals surface area contributed by atoms with Gasteiger partial charge < -0.3 is 0 Å². The van der Waals surface area contributed by atoms with Gasteiger partial charge in [-0.25, -0.2) is 9.97 Å². The molecule has 6 aromatic heterocycles. The van der Waals surface area contributed by atoms with E-state index in [0.29, 0.717) is 0 Å². The lowest BCUT2D eigenvalue weighted by Crippen LogP contribution is -2.00. The van der Waals surface area contributed by atoms with E-state index < -0.39 is 0 Å². The molecule has 0 bridgehead atoms. The summed E-state index contributed by atoms with van der Waals surface area (Å²) in [6, 6.07) is 73.6. The molecule has 0 radical (unpaired) electrons. The van der Waals surface area contributed by atoms with E-state index in [1.807, 2.05) is 12.3 Å². The molecule has 0 aliphatic heterocycles. The van der Waals surface area contributed by atoms with Crippen molar-refractivity contribution in [1.82, 2.24) is 24.1 Å². The van der Waals surface area contributed by atoms with Crippen LogP contribution in [0.5, 0.6) is 0 Å². The van der Waals surface area contributed by atoms with E-state index in [9.17, 15) is 0 Å². The van der Waals surface area contributed by atoms with Gasteiger partial charge in [-0.05, 0) is 107 Å². The van der Waals surface area contributed by atoms with Gasteiger partial charge in [-0.15, -0.1) is 11.3 Å². The van der Waals surface area contributed by atoms with Gasteiger partial charge in [0.05, 0.1) is 43.7 Å². The second kappa shape index (κ2) is 14.2. The summed E-state index contributed by atoms with van der Waals surface area (Å²) in [5, 5.41) is 5.91. The summed E-state index contributed by atoms with van der Waals surface area (Å²) < 4.78 is 7.05. The smallest absolute Gasteiger partial charge is 0.138 e. The highest BCUT2D eigenvalue weighted by molar-refractivity contribution is 7.25. The predicted octanol–water partition coefficient (Wildman–Crippen LogP) is 15.1. The van der Waals surface area contributed by atoms with Crippen LogP contribution in [0.2, 0.25) is 0 Å². The van der Waals surface area contributed by atoms with Crippen molar-refractivity contribution in [2.24, 2.45) is 0 Å². The van der Waals surface area contributed by atoms with Crippen LogP contribution in [0, 0.1) is 0 Å². The van der Waals surface area contributed by atoms with E-state index in [-0.39, 0.29) is 0 Å². The molecule has 0 saturated carbocycles. The van der Waals surface area contributed by atoms with Gasteiger partial charge >= 0.3 is 0 Å². The van der Waals surface area contributed by atoms with Gasteiger partial charge in [-0.1, -0.05) is 121 Å². The van der Waals surface area contributed by atoms with Gasteiger partial charge in [-0.3, -0.25) is 14.1 Å². The molecule has 0 atom stereocenters. The Morgan fingerprint density at radius 3 is 1.62 bits per heavy atom. The third-order valence-corrected chi connectivity index (χ3v) is 13.5. The summed E-state index contributed by atoms with van der Waals surface area (Å²) in [4.78, 5) is 15.4. The van der Waals surface area contributed by atoms with E-state index in [2.05, 4.69) is 209 Å². The van der Waals surface area contributed by atoms with E-state index in [4.69, 9.17) is 15.0 Å². The monoisotopic (exact) mass is 821 g/mol. The van der Waals surface area contributed by atoms with Crippen molar-refractivity contribution < 1.29 is 0 Å². The zero-order valence-electron chi connectivity index (χ0n) is 33.9. The molecule has 63 heavy (non-hydrogen) atoms. The molecule has 6 heterocycles. The molecule has 0 fully saturated rings. The van der Waals surface area contributed by atoms with Crippen LogP contribution < -0.4 is 0 Å². The van der Waals surface area contributed by atoms with Crippen molar-refractivity contribution in [3.63, 3.8) is 0 Å². The fourth-order valence-corrected chi connectivity index (χ4v) is 10.5. The molecule has 0 amide bonds. The molecule has 0 saturated heterocycles. The lowest BCUT2D eigenvalue weighted by atomic mass is 10.0. The molecule has 0 aliphatic rings. The zero-order valence-corrected chi connectivity index (χ0v) is 34.7. The summed E-state index contributed by atoms with van der Waals surface area (Å²) in [6.07, 6.45) is 1.87. The molecule has 6 heteroatoms. The fourth-order valence-electron chi connectivity index (χ4n) is 9.45. The molecule has 294 valence electrons. The van der Waals surface area contributed by atoms with Crippen LogP contribution in [0.1, 0.15) is 0 Å². The molecule has 7 aromatic carbocycles. The minimum atomic E-state index is 0.884. The summed E-state index contributed by atoms with van der Waals surface area (Å²) in [5.74, 6) is 1.77. The molecular weight excluding hydrogens is 787 g/mol. The van der Waals surface area contributed by atoms with E-state index in [1.54, 1.807) is 11.3 Å². The first kappa shape index (κ1) is 35.6. The maximum Gasteiger partial charge on any atom is 0.138 e. The molecule has 13 rings (SSSR count). The van der Waals surface area contributed by atoms with Crippen molar-refractivity contribution in [2.45, 2.75) is 0 Å². The van der Waals surface area contributed by atoms with Crippen molar-refractivity contribution in [3.05, 3.63) is 212 Å². The Kier molecular flexibility index (Phi) is 8.01. The van der Waals surface area contributed by atoms with Gasteiger partial charge in [0, 0.05) is 49.0 Å². The van der Waals surface area contributed by atoms with Crippen LogP contribution in [-0.2, 0) is 0 Å². The van der Waals surface area contributed by atoms with Crippen LogP contribution in [0.4, 0.5) is 0 Å². The van der Waals surface area contributed by atoms with Crippen LogP contribution in [0.15, 0.2) is 212 Å². The third kappa shape index (κ3) is 5.80. The standard InChI is InChI=1S/C57H35N5S/c1-3-13-36(14-4-1)41-34-48(37-15-5-2-6-16-37)60-56(35-41)62-50-21-10-8-18-43(50)45-32-39(25-28-52(45)62)38-24-27-51-44(31-38)42-17-7-9-20-49(42)61(51)55-23-11-19-47(59-55)40-26-29-53-46(33-40)57-54(63-53)22-12-30-58-57/h1-35H. The quantitative estimate of drug-likeness (QED) is 0.168. The number of para-hydroxylation sites is 2. The minimum absolute atomic E-state index is 0.884. The Hall–Kier alpha value is -8.19. The maximum absolute atomic E-state index is 5.34. The summed E-state index contributed by atoms with van der Waals surface area (Å²) in [5.41, 5.74) is 14.1. The Balaban J connectivity index is 0.938. The van der Waals surface area contributed by atoms with E-state index in [1.165, 1.54) is 36.3 Å². The number of rotatable bonds is 6. The molecule has 0 unspecified atom stereocenters. The number of pyridine rings is 3. The summed E-state index contributed by atoms with van der Waals surface area (Å²) in [6.45, 7) is 0. The lowest BCUT2D eigenvalue weighted by Gasteiger charge is -2.13. The van der Waals surface area contributed by atoms with E-state index in [0.717, 1.165) is 84.0 Å². The fraction of sp³-hybridized carbons (Fsp3) is 0. The van der Waals surface area contributed by atoms with Crippen LogP contribution >= 0.6 is 11.3 Å². The highest BCUT2D eigenvalue weighted by Crippen LogP contribution is 2.40. The lowest BCUT2D eigenvalue weighted by molar-refractivity contribution is 1.08. The molecule has 13 aromatic rings. The normalized spacial score (nSPS) is 11.8. The Morgan fingerprint density at radius 2 is 0.905 bits per heavy atom. The first-order chi connectivity index (χ1) is 31.2. The van der Waals surface area contributed by atoms with Crippen LogP contribution in [-0.4, -0.2) is 24.1 Å². The number of benzene rings is 7. The Morgan fingerprint density at radius 1 is 0.317 bits per heavy atom. The van der Waals surface area contributed by atoms with E-state index >= 15 is 0 Å². The zero-order chi connectivity index (χ0) is 41.4. The second-order valence-electron chi connectivity index (χ2n) is 16.0. The number of hydrogen-bond acceptors (Lipinski definition) is 4. The molecule has 0 aliphatic carbocycles. The van der Waals surface area contributed by atoms with Gasteiger partial charge in [0.1, 0.15) is 11.6 Å². The third-order valence-electron chi connectivity index (χ3n) is 12.4. The number of hydrogen-bond donors (Lipinski definition) is 0. The topological polar surface area (TPSA) is 48.5 Å². The van der Waals surface area contributed by atoms with Crippen molar-refractivity contribution in [2.75, 3.05) is 0 Å². The summed E-state index contributed by atoms with van der Waals surface area (Å²) >= 11 is 1.78. The Bertz CT molecular complexity index is 3860. The Labute approximate surface area is 366 Å². The SMILES string of the molecule is c1ccc(-c2cc(-c3ccccc3)nc(-n3c4ccccc4c4cc(-c5ccc6c(c5)c5ccccc5n6-c5cccc(-c6ccc7sc8cccnc8c7c6)n5)ccc43)c2)cc1. The highest BCUT2D eigenvalue weighted by atomic mass is 32.1. The number of aromatic nitrogens is 5. The van der Waals surface area contributed by atoms with Gasteiger partial charge in [0.2, 0.25) is 0 Å². The van der Waals surface area contributed by atoms with Crippen molar-refractivity contribution >= 4 is 75.3 Å². The predicted molar refractivity (Wildman–Crippen MR) is 263 cm³/mol. The highest BCUT2D eigenvalue weighted by Gasteiger charge is 2.19. The van der Waals surface area contributed by atoms with Crippen molar-refractivity contribution in [1.29, 1.82) is 0 Å². The average molecular weight is 822 g/mol. The molecule has 0 N–H and O–H groups in total. The molecular formula is C57H35N5S. The maximum atomic E-state index is 5.34. The first-order valence-electron chi connectivity index (χ1n) is 21.2. The minimum Gasteiger partial charge on any atom is -0.294 e. The first-order valence-corrected chi connectivity index (χ1v) is 22.0. The second-order valence-corrected chi connectivity index (χ2v) is 17.1. The molecule has 0 spiro atoms. The van der Waals surface area contributed by atoms with Gasteiger partial charge in [-0.2, -0.15) is 0 Å².